The Bertz CT molecular complexity index is 1580. The van der Waals surface area contributed by atoms with Crippen LogP contribution in [0.15, 0.2) is 48.6 Å². The van der Waals surface area contributed by atoms with Crippen molar-refractivity contribution in [1.29, 1.82) is 5.26 Å². The highest BCUT2D eigenvalue weighted by Gasteiger charge is 2.34. The number of fused-ring (bicyclic) bond motifs is 2. The smallest absolute Gasteiger partial charge is 0.318 e. The summed E-state index contributed by atoms with van der Waals surface area (Å²) in [7, 11) is 4.11. The lowest BCUT2D eigenvalue weighted by Crippen LogP contribution is -2.56. The van der Waals surface area contributed by atoms with Crippen molar-refractivity contribution in [2.45, 2.75) is 51.2 Å². The second-order valence-corrected chi connectivity index (χ2v) is 12.4. The summed E-state index contributed by atoms with van der Waals surface area (Å²) in [5, 5.41) is 21.9. The van der Waals surface area contributed by atoms with Crippen LogP contribution in [0.2, 0.25) is 5.02 Å². The van der Waals surface area contributed by atoms with Gasteiger partial charge in [-0.15, -0.1) is 0 Å². The van der Waals surface area contributed by atoms with E-state index >= 15 is 0 Å². The van der Waals surface area contributed by atoms with Crippen LogP contribution >= 0.6 is 11.6 Å². The number of hydrogen-bond donors (Lipinski definition) is 1. The topological polar surface area (TPSA) is 109 Å². The van der Waals surface area contributed by atoms with E-state index < -0.39 is 6.61 Å². The highest BCUT2D eigenvalue weighted by molar-refractivity contribution is 6.36. The van der Waals surface area contributed by atoms with E-state index in [0.717, 1.165) is 52.9 Å². The van der Waals surface area contributed by atoms with Crippen molar-refractivity contribution in [3.8, 4) is 12.1 Å². The maximum atomic E-state index is 13.0. The fourth-order valence-electron chi connectivity index (χ4n) is 6.32. The minimum atomic E-state index is -0.414. The third-order valence-corrected chi connectivity index (χ3v) is 9.13. The van der Waals surface area contributed by atoms with E-state index in [-0.39, 0.29) is 30.0 Å². The van der Waals surface area contributed by atoms with Gasteiger partial charge in [0.1, 0.15) is 12.4 Å². The van der Waals surface area contributed by atoms with E-state index in [1.807, 2.05) is 12.1 Å². The maximum Gasteiger partial charge on any atom is 0.318 e. The summed E-state index contributed by atoms with van der Waals surface area (Å²) < 4.78 is 6.30. The van der Waals surface area contributed by atoms with Crippen molar-refractivity contribution >= 4 is 39.8 Å². The molecule has 1 N–H and O–H groups in total. The number of hydrogen-bond acceptors (Lipinski definition) is 9. The molecule has 11 heteroatoms. The number of piperazine rings is 1. The molecule has 3 heterocycles. The molecule has 3 aromatic rings. The first-order valence-electron chi connectivity index (χ1n) is 15.6. The summed E-state index contributed by atoms with van der Waals surface area (Å²) >= 11 is 6.70. The van der Waals surface area contributed by atoms with E-state index in [9.17, 15) is 15.2 Å². The predicted octanol–water partition coefficient (Wildman–Crippen LogP) is 4.43. The van der Waals surface area contributed by atoms with Gasteiger partial charge in [-0.2, -0.15) is 15.2 Å². The minimum Gasteiger partial charge on any atom is -0.462 e. The zero-order valence-electron chi connectivity index (χ0n) is 26.4. The molecule has 2 aliphatic heterocycles. The van der Waals surface area contributed by atoms with Gasteiger partial charge in [0.15, 0.2) is 0 Å². The van der Waals surface area contributed by atoms with Crippen LogP contribution in [-0.2, 0) is 17.8 Å². The number of ether oxygens (including phenoxy) is 1. The summed E-state index contributed by atoms with van der Waals surface area (Å²) in [6.07, 6.45) is 2.91. The van der Waals surface area contributed by atoms with Gasteiger partial charge >= 0.3 is 6.01 Å². The van der Waals surface area contributed by atoms with Crippen LogP contribution in [-0.4, -0.2) is 96.4 Å². The van der Waals surface area contributed by atoms with E-state index in [0.29, 0.717) is 50.2 Å². The van der Waals surface area contributed by atoms with Gasteiger partial charge < -0.3 is 29.4 Å². The number of amides is 1. The quantitative estimate of drug-likeness (QED) is 0.307. The molecule has 1 saturated heterocycles. The second-order valence-electron chi connectivity index (χ2n) is 12.0. The van der Waals surface area contributed by atoms with Crippen LogP contribution in [0.1, 0.15) is 37.4 Å². The summed E-state index contributed by atoms with van der Waals surface area (Å²) in [4.78, 5) is 31.2. The molecule has 5 rings (SSSR count). The fourth-order valence-corrected chi connectivity index (χ4v) is 6.60. The SMILES string of the molecule is C=C(CO)C(=O)N1CCN(c2nc(OCC(CCC)N(C)C)nc3c2CCN(c2cccc4cccc(Cl)c24)C3)CC1CC#N. The number of carbonyl (C=O) groups is 1. The van der Waals surface area contributed by atoms with E-state index in [2.05, 4.69) is 72.6 Å². The van der Waals surface area contributed by atoms with Crippen molar-refractivity contribution in [3.63, 3.8) is 0 Å². The maximum absolute atomic E-state index is 13.0. The van der Waals surface area contributed by atoms with Crippen molar-refractivity contribution in [1.82, 2.24) is 19.8 Å². The van der Waals surface area contributed by atoms with E-state index in [1.54, 1.807) is 4.90 Å². The highest BCUT2D eigenvalue weighted by Crippen LogP contribution is 2.37. The average molecular weight is 632 g/mol. The first kappa shape index (κ1) is 32.5. The Kier molecular flexibility index (Phi) is 10.4. The third kappa shape index (κ3) is 7.01. The lowest BCUT2D eigenvalue weighted by atomic mass is 10.0. The van der Waals surface area contributed by atoms with Crippen molar-refractivity contribution < 1.29 is 14.6 Å². The number of nitrogens with zero attached hydrogens (tertiary/aromatic N) is 7. The van der Waals surface area contributed by atoms with Crippen molar-refractivity contribution in [3.05, 3.63) is 64.8 Å². The molecule has 1 amide bonds. The fraction of sp³-hybridized carbons (Fsp3) is 0.471. The number of carbonyl (C=O) groups excluding carboxylic acids is 1. The van der Waals surface area contributed by atoms with E-state index in [1.165, 1.54) is 0 Å². The molecule has 2 aromatic carbocycles. The van der Waals surface area contributed by atoms with Crippen LogP contribution in [0.3, 0.4) is 0 Å². The highest BCUT2D eigenvalue weighted by atomic mass is 35.5. The number of likely N-dealkylation sites (N-methyl/N-ethyl adjacent to an activating group) is 1. The molecule has 2 unspecified atom stereocenters. The van der Waals surface area contributed by atoms with E-state index in [4.69, 9.17) is 26.3 Å². The predicted molar refractivity (Wildman–Crippen MR) is 178 cm³/mol. The lowest BCUT2D eigenvalue weighted by Gasteiger charge is -2.42. The largest absolute Gasteiger partial charge is 0.462 e. The summed E-state index contributed by atoms with van der Waals surface area (Å²) in [5.74, 6) is 0.472. The number of aliphatic hydroxyl groups excluding tert-OH is 1. The van der Waals surface area contributed by atoms with Crippen LogP contribution in [0, 0.1) is 11.3 Å². The third-order valence-electron chi connectivity index (χ3n) is 8.82. The molecule has 1 aromatic heterocycles. The zero-order chi connectivity index (χ0) is 32.1. The number of benzene rings is 2. The summed E-state index contributed by atoms with van der Waals surface area (Å²) in [6, 6.07) is 14.6. The van der Waals surface area contributed by atoms with Crippen LogP contribution in [0.25, 0.3) is 10.8 Å². The number of aromatic nitrogens is 2. The van der Waals surface area contributed by atoms with Crippen molar-refractivity contribution in [2.75, 3.05) is 63.3 Å². The Morgan fingerprint density at radius 2 is 1.98 bits per heavy atom. The van der Waals surface area contributed by atoms with Gasteiger partial charge in [-0.25, -0.2) is 0 Å². The summed E-state index contributed by atoms with van der Waals surface area (Å²) in [5.41, 5.74) is 3.13. The molecule has 0 spiro atoms. The molecule has 45 heavy (non-hydrogen) atoms. The number of anilines is 2. The molecule has 0 saturated carbocycles. The molecule has 1 fully saturated rings. The van der Waals surface area contributed by atoms with Gasteiger partial charge in [0.25, 0.3) is 5.91 Å². The van der Waals surface area contributed by atoms with Crippen LogP contribution in [0.4, 0.5) is 11.5 Å². The standard InChI is InChI=1S/C34H42ClN7O3/c1-5-8-26(39(3)4)22-45-34-37-29-20-40(30-12-7-10-24-9-6-11-28(35)31(24)30)16-14-27(29)32(38-34)41-17-18-42(25(19-41)13-15-36)33(44)23(2)21-43/h6-7,9-12,25-26,43H,2,5,8,13-14,16-22H2,1,3-4H3. The Balaban J connectivity index is 1.50. The molecular weight excluding hydrogens is 590 g/mol. The minimum absolute atomic E-state index is 0.123. The monoisotopic (exact) mass is 631 g/mol. The summed E-state index contributed by atoms with van der Waals surface area (Å²) in [6.45, 7) is 8.58. The van der Waals surface area contributed by atoms with Gasteiger partial charge in [0.2, 0.25) is 0 Å². The van der Waals surface area contributed by atoms with Gasteiger partial charge in [0, 0.05) is 54.4 Å². The molecule has 2 aliphatic rings. The Labute approximate surface area is 270 Å². The number of aliphatic hydroxyl groups is 1. The van der Waals surface area contributed by atoms with Crippen LogP contribution < -0.4 is 14.5 Å². The zero-order valence-corrected chi connectivity index (χ0v) is 27.1. The van der Waals surface area contributed by atoms with Crippen LogP contribution in [0.5, 0.6) is 6.01 Å². The van der Waals surface area contributed by atoms with Crippen molar-refractivity contribution in [2.24, 2.45) is 0 Å². The Morgan fingerprint density at radius 1 is 1.20 bits per heavy atom. The number of rotatable bonds is 11. The molecular formula is C34H42ClN7O3. The number of halogens is 1. The second kappa shape index (κ2) is 14.5. The molecule has 238 valence electrons. The van der Waals surface area contributed by atoms with Gasteiger partial charge in [0.05, 0.1) is 42.4 Å². The normalized spacial score (nSPS) is 17.3. The lowest BCUT2D eigenvalue weighted by molar-refractivity contribution is -0.130. The first-order valence-corrected chi connectivity index (χ1v) is 16.0. The Morgan fingerprint density at radius 3 is 2.69 bits per heavy atom. The molecule has 2 atom stereocenters. The van der Waals surface area contributed by atoms with Gasteiger partial charge in [-0.1, -0.05) is 55.8 Å². The first-order chi connectivity index (χ1) is 21.7. The Hall–Kier alpha value is -3.91. The molecule has 0 radical (unpaired) electrons. The average Bonchev–Trinajstić information content (AvgIpc) is 3.05. The van der Waals surface area contributed by atoms with Gasteiger partial charge in [-0.05, 0) is 44.5 Å². The molecule has 0 aliphatic carbocycles. The van der Waals surface area contributed by atoms with Gasteiger partial charge in [-0.3, -0.25) is 4.79 Å². The molecule has 10 nitrogen and oxygen atoms in total. The number of nitriles is 1. The molecule has 0 bridgehead atoms.